The number of carbonyl (C=O) groups is 1. The van der Waals surface area contributed by atoms with Crippen LogP contribution in [0.4, 0.5) is 0 Å². The molecular weight excluding hydrogens is 324 g/mol. The minimum Gasteiger partial charge on any atom is -0.484 e. The largest absolute Gasteiger partial charge is 0.484 e. The molecule has 0 fully saturated rings. The number of halogens is 1. The van der Waals surface area contributed by atoms with Gasteiger partial charge in [0.2, 0.25) is 0 Å². The third kappa shape index (κ3) is 4.12. The van der Waals surface area contributed by atoms with Crippen molar-refractivity contribution in [1.29, 1.82) is 0 Å². The fourth-order valence-electron chi connectivity index (χ4n) is 2.25. The summed E-state index contributed by atoms with van der Waals surface area (Å²) in [5.41, 5.74) is 3.39. The molecule has 0 unspecified atom stereocenters. The van der Waals surface area contributed by atoms with Crippen molar-refractivity contribution in [3.63, 3.8) is 0 Å². The number of hydrazone groups is 1. The fraction of sp³-hybridized carbons (Fsp3) is 0.0526. The molecule has 0 heterocycles. The third-order valence-corrected chi connectivity index (χ3v) is 3.65. The van der Waals surface area contributed by atoms with Gasteiger partial charge in [-0.2, -0.15) is 5.10 Å². The lowest BCUT2D eigenvalue weighted by molar-refractivity contribution is -0.123. The van der Waals surface area contributed by atoms with Crippen LogP contribution in [0.1, 0.15) is 5.56 Å². The molecule has 3 rings (SSSR count). The van der Waals surface area contributed by atoms with Crippen molar-refractivity contribution >= 4 is 34.5 Å². The van der Waals surface area contributed by atoms with Crippen LogP contribution < -0.4 is 10.2 Å². The number of fused-ring (bicyclic) bond motifs is 1. The molecule has 0 aliphatic rings. The predicted octanol–water partition coefficient (Wildman–Crippen LogP) is 4.02. The topological polar surface area (TPSA) is 50.7 Å². The van der Waals surface area contributed by atoms with Crippen molar-refractivity contribution in [2.24, 2.45) is 5.10 Å². The molecule has 3 aromatic carbocycles. The maximum Gasteiger partial charge on any atom is 0.277 e. The monoisotopic (exact) mass is 338 g/mol. The minimum atomic E-state index is -0.332. The van der Waals surface area contributed by atoms with Crippen molar-refractivity contribution in [1.82, 2.24) is 5.43 Å². The molecule has 0 radical (unpaired) electrons. The molecule has 3 aromatic rings. The Labute approximate surface area is 144 Å². The van der Waals surface area contributed by atoms with Crippen molar-refractivity contribution in [3.05, 3.63) is 77.3 Å². The zero-order valence-corrected chi connectivity index (χ0v) is 13.5. The number of carbonyl (C=O) groups excluding carboxylic acids is 1. The zero-order chi connectivity index (χ0) is 16.8. The van der Waals surface area contributed by atoms with E-state index in [0.717, 1.165) is 16.3 Å². The number of nitrogens with one attached hydrogen (secondary N) is 1. The maximum atomic E-state index is 11.8. The summed E-state index contributed by atoms with van der Waals surface area (Å²) in [6.07, 6.45) is 1.63. The van der Waals surface area contributed by atoms with Crippen molar-refractivity contribution in [3.8, 4) is 5.75 Å². The number of rotatable bonds is 5. The first-order valence-corrected chi connectivity index (χ1v) is 7.78. The van der Waals surface area contributed by atoms with E-state index < -0.39 is 0 Å². The molecule has 0 aliphatic carbocycles. The van der Waals surface area contributed by atoms with E-state index >= 15 is 0 Å². The highest BCUT2D eigenvalue weighted by Gasteiger charge is 2.02. The quantitative estimate of drug-likeness (QED) is 0.564. The number of hydrogen-bond acceptors (Lipinski definition) is 3. The molecule has 0 aromatic heterocycles. The SMILES string of the molecule is O=C(COc1ccc(Cl)cc1)N/N=C/c1cccc2ccccc12. The Hall–Kier alpha value is -2.85. The molecule has 0 bridgehead atoms. The average Bonchev–Trinajstić information content (AvgIpc) is 2.61. The Morgan fingerprint density at radius 3 is 2.62 bits per heavy atom. The van der Waals surface area contributed by atoms with Gasteiger partial charge in [-0.05, 0) is 35.0 Å². The van der Waals surface area contributed by atoms with Crippen molar-refractivity contribution in [2.75, 3.05) is 6.61 Å². The van der Waals surface area contributed by atoms with Gasteiger partial charge in [-0.15, -0.1) is 0 Å². The molecule has 5 heteroatoms. The van der Waals surface area contributed by atoms with Crippen LogP contribution in [0, 0.1) is 0 Å². The highest BCUT2D eigenvalue weighted by atomic mass is 35.5. The molecule has 4 nitrogen and oxygen atoms in total. The second kappa shape index (κ2) is 7.62. The van der Waals surface area contributed by atoms with Gasteiger partial charge in [0, 0.05) is 10.6 Å². The molecule has 120 valence electrons. The lowest BCUT2D eigenvalue weighted by Gasteiger charge is -2.05. The normalized spacial score (nSPS) is 10.9. The van der Waals surface area contributed by atoms with Crippen molar-refractivity contribution < 1.29 is 9.53 Å². The Balaban J connectivity index is 1.57. The second-order valence-corrected chi connectivity index (χ2v) is 5.54. The van der Waals surface area contributed by atoms with Crippen LogP contribution in [0.2, 0.25) is 5.02 Å². The number of ether oxygens (including phenoxy) is 1. The van der Waals surface area contributed by atoms with E-state index in [2.05, 4.69) is 10.5 Å². The summed E-state index contributed by atoms with van der Waals surface area (Å²) < 4.78 is 5.35. The van der Waals surface area contributed by atoms with Crippen LogP contribution in [-0.2, 0) is 4.79 Å². The summed E-state index contributed by atoms with van der Waals surface area (Å²) in [7, 11) is 0. The molecule has 24 heavy (non-hydrogen) atoms. The average molecular weight is 339 g/mol. The van der Waals surface area contributed by atoms with Crippen LogP contribution in [0.5, 0.6) is 5.75 Å². The van der Waals surface area contributed by atoms with Gasteiger partial charge in [0.25, 0.3) is 5.91 Å². The number of benzene rings is 3. The first kappa shape index (κ1) is 16.0. The van der Waals surface area contributed by atoms with E-state index in [1.165, 1.54) is 0 Å². The van der Waals surface area contributed by atoms with Crippen molar-refractivity contribution in [2.45, 2.75) is 0 Å². The number of hydrogen-bond donors (Lipinski definition) is 1. The van der Waals surface area contributed by atoms with Gasteiger partial charge in [0.1, 0.15) is 5.75 Å². The summed E-state index contributed by atoms with van der Waals surface area (Å²) in [6, 6.07) is 20.7. The first-order chi connectivity index (χ1) is 11.7. The Morgan fingerprint density at radius 1 is 1.04 bits per heavy atom. The molecule has 0 aliphatic heterocycles. The van der Waals surface area contributed by atoms with E-state index in [1.807, 2.05) is 42.5 Å². The van der Waals surface area contributed by atoms with Crippen LogP contribution in [0.25, 0.3) is 10.8 Å². The van der Waals surface area contributed by atoms with Crippen LogP contribution >= 0.6 is 11.6 Å². The summed E-state index contributed by atoms with van der Waals surface area (Å²) in [4.78, 5) is 11.8. The molecular formula is C19H15ClN2O2. The van der Waals surface area contributed by atoms with Crippen LogP contribution in [0.15, 0.2) is 71.8 Å². The molecule has 1 N–H and O–H groups in total. The minimum absolute atomic E-state index is 0.117. The van der Waals surface area contributed by atoms with Gasteiger partial charge in [-0.3, -0.25) is 4.79 Å². The second-order valence-electron chi connectivity index (χ2n) is 5.10. The highest BCUT2D eigenvalue weighted by Crippen LogP contribution is 2.17. The smallest absolute Gasteiger partial charge is 0.277 e. The van der Waals surface area contributed by atoms with Gasteiger partial charge < -0.3 is 4.74 Å². The lowest BCUT2D eigenvalue weighted by Crippen LogP contribution is -2.24. The Kier molecular flexibility index (Phi) is 5.08. The summed E-state index contributed by atoms with van der Waals surface area (Å²) >= 11 is 5.79. The maximum absolute atomic E-state index is 11.8. The van der Waals surface area contributed by atoms with Gasteiger partial charge >= 0.3 is 0 Å². The van der Waals surface area contributed by atoms with E-state index in [1.54, 1.807) is 30.5 Å². The summed E-state index contributed by atoms with van der Waals surface area (Å²) in [5, 5.41) is 6.81. The van der Waals surface area contributed by atoms with Gasteiger partial charge in [0.05, 0.1) is 6.21 Å². The van der Waals surface area contributed by atoms with Crippen LogP contribution in [-0.4, -0.2) is 18.7 Å². The zero-order valence-electron chi connectivity index (χ0n) is 12.8. The number of amides is 1. The van der Waals surface area contributed by atoms with Gasteiger partial charge in [-0.25, -0.2) is 5.43 Å². The predicted molar refractivity (Wildman–Crippen MR) is 96.6 cm³/mol. The van der Waals surface area contributed by atoms with E-state index in [4.69, 9.17) is 16.3 Å². The summed E-state index contributed by atoms with van der Waals surface area (Å²) in [5.74, 6) is 0.244. The van der Waals surface area contributed by atoms with Gasteiger partial charge in [0.15, 0.2) is 6.61 Å². The van der Waals surface area contributed by atoms with Gasteiger partial charge in [-0.1, -0.05) is 54.1 Å². The molecule has 0 atom stereocenters. The standard InChI is InChI=1S/C19H15ClN2O2/c20-16-8-10-17(11-9-16)24-13-19(23)22-21-12-15-6-3-5-14-4-1-2-7-18(14)15/h1-12H,13H2,(H,22,23)/b21-12+. The fourth-order valence-corrected chi connectivity index (χ4v) is 2.37. The lowest BCUT2D eigenvalue weighted by atomic mass is 10.1. The molecule has 0 saturated heterocycles. The van der Waals surface area contributed by atoms with E-state index in [-0.39, 0.29) is 12.5 Å². The van der Waals surface area contributed by atoms with E-state index in [0.29, 0.717) is 10.8 Å². The Bertz CT molecular complexity index is 871. The summed E-state index contributed by atoms with van der Waals surface area (Å²) in [6.45, 7) is -0.117. The van der Waals surface area contributed by atoms with E-state index in [9.17, 15) is 4.79 Å². The molecule has 0 spiro atoms. The Morgan fingerprint density at radius 2 is 1.79 bits per heavy atom. The third-order valence-electron chi connectivity index (χ3n) is 3.40. The first-order valence-electron chi connectivity index (χ1n) is 7.40. The number of nitrogens with zero attached hydrogens (tertiary/aromatic N) is 1. The highest BCUT2D eigenvalue weighted by molar-refractivity contribution is 6.30. The van der Waals surface area contributed by atoms with Crippen LogP contribution in [0.3, 0.4) is 0 Å². The molecule has 1 amide bonds. The molecule has 0 saturated carbocycles.